The van der Waals surface area contributed by atoms with Crippen LogP contribution in [-0.4, -0.2) is 0 Å². The Hall–Kier alpha value is 0.160. The lowest BCUT2D eigenvalue weighted by atomic mass is 10.6. The summed E-state index contributed by atoms with van der Waals surface area (Å²) in [6, 6.07) is 0. The van der Waals surface area contributed by atoms with E-state index >= 15 is 0 Å². The average Bonchev–Trinajstić information content (AvgIpc) is 1.71. The van der Waals surface area contributed by atoms with Crippen molar-refractivity contribution in [2.24, 2.45) is 0 Å². The lowest BCUT2D eigenvalue weighted by Crippen LogP contribution is -1.27. The average molecular weight is 154 g/mol. The quantitative estimate of drug-likeness (QED) is 0.574. The maximum Gasteiger partial charge on any atom is 0.339 e. The highest BCUT2D eigenvalue weighted by molar-refractivity contribution is 7.32. The molecule has 3 nitrogen and oxygen atoms in total. The Balaban J connectivity index is 0. The Morgan fingerprint density at radius 2 is 1.50 bits per heavy atom. The van der Waals surface area contributed by atoms with Crippen molar-refractivity contribution >= 4 is 17.4 Å². The molecule has 0 aliphatic carbocycles. The van der Waals surface area contributed by atoms with Gasteiger partial charge in [0, 0.05) is 0 Å². The van der Waals surface area contributed by atoms with Gasteiger partial charge in [-0.3, -0.25) is 0 Å². The molecule has 0 amide bonds. The molecule has 0 aliphatic heterocycles. The molecule has 0 rings (SSSR count). The highest BCUT2D eigenvalue weighted by atomic mass is 31.1. The van der Waals surface area contributed by atoms with E-state index in [-0.39, 0.29) is 0 Å². The molecule has 0 aromatic rings. The lowest BCUT2D eigenvalue weighted by molar-refractivity contribution is 0.516. The van der Waals surface area contributed by atoms with Gasteiger partial charge >= 0.3 is 17.4 Å². The van der Waals surface area contributed by atoms with Crippen molar-refractivity contribution < 1.29 is 13.4 Å². The van der Waals surface area contributed by atoms with E-state index in [0.717, 1.165) is 0 Å². The maximum atomic E-state index is 9.07. The molecule has 0 aliphatic rings. The van der Waals surface area contributed by atoms with Crippen molar-refractivity contribution in [1.29, 1.82) is 0 Å². The van der Waals surface area contributed by atoms with Gasteiger partial charge < -0.3 is 0 Å². The van der Waals surface area contributed by atoms with Crippen LogP contribution in [0.3, 0.4) is 0 Å². The van der Waals surface area contributed by atoms with Crippen LogP contribution in [0.2, 0.25) is 0 Å². The van der Waals surface area contributed by atoms with Crippen LogP contribution in [-0.2, 0) is 13.4 Å². The molecule has 8 heavy (non-hydrogen) atoms. The zero-order chi connectivity index (χ0) is 6.83. The summed E-state index contributed by atoms with van der Waals surface area (Å²) in [6.45, 7) is 4.25. The van der Waals surface area contributed by atoms with Crippen molar-refractivity contribution in [2.45, 2.75) is 20.3 Å². The molecule has 0 atom stereocenters. The number of hydrogen-bond acceptors (Lipinski definition) is 3. The smallest absolute Gasteiger partial charge is 0.240 e. The third-order valence-electron chi connectivity index (χ3n) is 0.0667. The predicted molar refractivity (Wildman–Crippen MR) is 32.3 cm³/mol. The van der Waals surface area contributed by atoms with E-state index in [9.17, 15) is 0 Å². The molecule has 0 saturated heterocycles. The van der Waals surface area contributed by atoms with Crippen LogP contribution in [0.5, 0.6) is 0 Å². The third-order valence-corrected chi connectivity index (χ3v) is 0.600. The summed E-state index contributed by atoms with van der Waals surface area (Å²) >= 11 is 0. The fourth-order valence-electron chi connectivity index (χ4n) is 0.0136. The molecule has 0 aromatic heterocycles. The molecule has 0 aromatic carbocycles. The van der Waals surface area contributed by atoms with Crippen molar-refractivity contribution in [3.05, 3.63) is 0 Å². The topological polar surface area (TPSA) is 43.4 Å². The Bertz CT molecular complexity index is 50.5. The monoisotopic (exact) mass is 154 g/mol. The summed E-state index contributed by atoms with van der Waals surface area (Å²) in [5.74, 6) is 0. The summed E-state index contributed by atoms with van der Waals surface area (Å²) in [5, 5.41) is 0. The van der Waals surface area contributed by atoms with Crippen molar-refractivity contribution in [1.82, 2.24) is 0 Å². The first-order valence-electron chi connectivity index (χ1n) is 2.14. The van der Waals surface area contributed by atoms with E-state index in [0.29, 0.717) is 0 Å². The Morgan fingerprint density at radius 1 is 1.25 bits per heavy atom. The van der Waals surface area contributed by atoms with E-state index in [4.69, 9.17) is 9.13 Å². The van der Waals surface area contributed by atoms with Gasteiger partial charge in [0.1, 0.15) is 0 Å². The molecule has 0 fully saturated rings. The van der Waals surface area contributed by atoms with Crippen LogP contribution < -0.4 is 0 Å². The van der Waals surface area contributed by atoms with E-state index in [1.54, 1.807) is 0 Å². The molecule has 0 heterocycles. The zero-order valence-electron chi connectivity index (χ0n) is 4.83. The zero-order valence-corrected chi connectivity index (χ0v) is 6.62. The highest BCUT2D eigenvalue weighted by Gasteiger charge is 1.67. The summed E-state index contributed by atoms with van der Waals surface area (Å²) in [6.07, 6.45) is 1.25. The molecule has 0 N–H and O–H groups in total. The summed E-state index contributed by atoms with van der Waals surface area (Å²) in [7, 11) is -1.09. The second kappa shape index (κ2) is 15.7. The minimum atomic E-state index is -0.545. The molecule has 0 bridgehead atoms. The van der Waals surface area contributed by atoms with Crippen LogP contribution in [0.25, 0.3) is 0 Å². The first-order valence-corrected chi connectivity index (χ1v) is 3.61. The SMILES string of the molecule is CCC.O=POP=O. The summed E-state index contributed by atoms with van der Waals surface area (Å²) < 4.78 is 21.8. The number of rotatable bonds is 2. The van der Waals surface area contributed by atoms with Crippen LogP contribution in [0, 0.1) is 0 Å². The summed E-state index contributed by atoms with van der Waals surface area (Å²) in [5.41, 5.74) is 0. The minimum absolute atomic E-state index is 0.545. The molecule has 48 valence electrons. The van der Waals surface area contributed by atoms with E-state index < -0.39 is 17.4 Å². The molecule has 0 spiro atoms. The second-order valence-corrected chi connectivity index (χ2v) is 1.89. The van der Waals surface area contributed by atoms with Gasteiger partial charge in [-0.1, -0.05) is 20.3 Å². The van der Waals surface area contributed by atoms with Gasteiger partial charge in [0.05, 0.1) is 0 Å². The first-order chi connectivity index (χ1) is 3.83. The minimum Gasteiger partial charge on any atom is -0.240 e. The van der Waals surface area contributed by atoms with Gasteiger partial charge in [-0.05, 0) is 0 Å². The Morgan fingerprint density at radius 3 is 1.50 bits per heavy atom. The Labute approximate surface area is 52.0 Å². The Kier molecular flexibility index (Phi) is 21.6. The van der Waals surface area contributed by atoms with Gasteiger partial charge in [0.25, 0.3) is 0 Å². The second-order valence-electron chi connectivity index (χ2n) is 0.938. The van der Waals surface area contributed by atoms with Crippen molar-refractivity contribution in [3.63, 3.8) is 0 Å². The largest absolute Gasteiger partial charge is 0.339 e. The van der Waals surface area contributed by atoms with Gasteiger partial charge in [-0.2, -0.15) is 4.31 Å². The van der Waals surface area contributed by atoms with E-state index in [2.05, 4.69) is 18.2 Å². The van der Waals surface area contributed by atoms with Crippen molar-refractivity contribution in [2.75, 3.05) is 0 Å². The molecular formula is C3H8O3P2. The molecule has 0 radical (unpaired) electrons. The van der Waals surface area contributed by atoms with Crippen LogP contribution >= 0.6 is 17.4 Å². The predicted octanol–water partition coefficient (Wildman–Crippen LogP) is 2.83. The first kappa shape index (κ1) is 11.0. The fraction of sp³-hybridized carbons (Fsp3) is 1.00. The lowest BCUT2D eigenvalue weighted by Gasteiger charge is -1.54. The standard InChI is InChI=1S/C3H8.O3P2/c1-3-2;1-4-3-5-2/h3H2,1-2H3;. The van der Waals surface area contributed by atoms with Crippen LogP contribution in [0.15, 0.2) is 0 Å². The summed E-state index contributed by atoms with van der Waals surface area (Å²) in [4.78, 5) is 0. The van der Waals surface area contributed by atoms with Crippen LogP contribution in [0.1, 0.15) is 20.3 Å². The van der Waals surface area contributed by atoms with Crippen LogP contribution in [0.4, 0.5) is 0 Å². The molecule has 0 unspecified atom stereocenters. The highest BCUT2D eigenvalue weighted by Crippen LogP contribution is 2.04. The maximum absolute atomic E-state index is 9.07. The van der Waals surface area contributed by atoms with Gasteiger partial charge in [-0.25, -0.2) is 9.13 Å². The molecular weight excluding hydrogens is 146 g/mol. The van der Waals surface area contributed by atoms with E-state index in [1.807, 2.05) is 0 Å². The van der Waals surface area contributed by atoms with Crippen molar-refractivity contribution in [3.8, 4) is 0 Å². The molecule has 0 saturated carbocycles. The van der Waals surface area contributed by atoms with Gasteiger partial charge in [0.15, 0.2) is 0 Å². The fourth-order valence-corrected chi connectivity index (χ4v) is 0.122. The molecule has 5 heteroatoms. The normalized spacial score (nSPS) is 8.25. The third kappa shape index (κ3) is 35.2. The number of hydrogen-bond donors (Lipinski definition) is 0. The van der Waals surface area contributed by atoms with Gasteiger partial charge in [0.2, 0.25) is 0 Å². The van der Waals surface area contributed by atoms with E-state index in [1.165, 1.54) is 6.42 Å². The van der Waals surface area contributed by atoms with Gasteiger partial charge in [-0.15, -0.1) is 0 Å².